The van der Waals surface area contributed by atoms with E-state index in [1.165, 1.54) is 71.0 Å². The smallest absolute Gasteiger partial charge is 0.0224 e. The Hall–Kier alpha value is -0.120. The van der Waals surface area contributed by atoms with Gasteiger partial charge in [0.25, 0.3) is 0 Å². The number of nitrogens with two attached hydrogens (primary N) is 1. The predicted octanol–water partition coefficient (Wildman–Crippen LogP) is 2.45. The van der Waals surface area contributed by atoms with E-state index in [-0.39, 0.29) is 0 Å². The lowest BCUT2D eigenvalue weighted by Gasteiger charge is -2.51. The summed E-state index contributed by atoms with van der Waals surface area (Å²) in [4.78, 5) is 5.62. The Morgan fingerprint density at radius 1 is 0.950 bits per heavy atom. The third-order valence-corrected chi connectivity index (χ3v) is 6.08. The highest BCUT2D eigenvalue weighted by atomic mass is 15.3. The Morgan fingerprint density at radius 3 is 2.60 bits per heavy atom. The van der Waals surface area contributed by atoms with Crippen LogP contribution in [-0.4, -0.2) is 54.1 Å². The maximum Gasteiger partial charge on any atom is 0.0224 e. The Morgan fingerprint density at radius 2 is 1.75 bits per heavy atom. The fourth-order valence-electron chi connectivity index (χ4n) is 4.91. The summed E-state index contributed by atoms with van der Waals surface area (Å²) in [5, 5.41) is 0. The lowest BCUT2D eigenvalue weighted by atomic mass is 9.89. The lowest BCUT2D eigenvalue weighted by Crippen LogP contribution is -2.62. The van der Waals surface area contributed by atoms with Gasteiger partial charge in [0, 0.05) is 31.2 Å². The molecule has 3 rings (SSSR count). The molecule has 2 saturated heterocycles. The fourth-order valence-corrected chi connectivity index (χ4v) is 4.91. The third kappa shape index (κ3) is 3.05. The minimum atomic E-state index is 0.724. The number of hydrogen-bond acceptors (Lipinski definition) is 3. The topological polar surface area (TPSA) is 32.5 Å². The summed E-state index contributed by atoms with van der Waals surface area (Å²) in [5.41, 5.74) is 6.11. The van der Waals surface area contributed by atoms with Gasteiger partial charge in [-0.2, -0.15) is 0 Å². The Balaban J connectivity index is 1.70. The molecule has 4 unspecified atom stereocenters. The van der Waals surface area contributed by atoms with E-state index in [0.29, 0.717) is 0 Å². The summed E-state index contributed by atoms with van der Waals surface area (Å²) in [6, 6.07) is 2.32. The van der Waals surface area contributed by atoms with Crippen molar-refractivity contribution in [1.29, 1.82) is 0 Å². The number of fused-ring (bicyclic) bond motifs is 1. The molecule has 0 bridgehead atoms. The van der Waals surface area contributed by atoms with Crippen LogP contribution in [0.4, 0.5) is 0 Å². The minimum absolute atomic E-state index is 0.724. The zero-order valence-electron chi connectivity index (χ0n) is 13.3. The first-order valence-electron chi connectivity index (χ1n) is 8.99. The van der Waals surface area contributed by atoms with Crippen molar-refractivity contribution in [2.45, 2.75) is 76.4 Å². The summed E-state index contributed by atoms with van der Waals surface area (Å²) in [6.07, 6.45) is 11.3. The molecule has 0 spiro atoms. The van der Waals surface area contributed by atoms with E-state index in [2.05, 4.69) is 16.7 Å². The van der Waals surface area contributed by atoms with Crippen molar-refractivity contribution in [3.8, 4) is 0 Å². The Kier molecular flexibility index (Phi) is 5.00. The average Bonchev–Trinajstić information content (AvgIpc) is 2.71. The van der Waals surface area contributed by atoms with E-state index in [9.17, 15) is 0 Å². The normalized spacial score (nSPS) is 41.1. The molecule has 1 saturated carbocycles. The van der Waals surface area contributed by atoms with Crippen molar-refractivity contribution >= 4 is 0 Å². The van der Waals surface area contributed by atoms with Crippen molar-refractivity contribution in [2.24, 2.45) is 11.7 Å². The molecule has 2 N–H and O–H groups in total. The highest BCUT2D eigenvalue weighted by molar-refractivity contribution is 4.94. The third-order valence-electron chi connectivity index (χ3n) is 6.08. The van der Waals surface area contributed by atoms with Crippen LogP contribution in [0.25, 0.3) is 0 Å². The van der Waals surface area contributed by atoms with Gasteiger partial charge in [0.15, 0.2) is 0 Å². The van der Waals surface area contributed by atoms with Gasteiger partial charge < -0.3 is 5.73 Å². The SMILES string of the molecule is CC1CN2CCCCC2CN1C1CCCCCC1CN. The summed E-state index contributed by atoms with van der Waals surface area (Å²) in [5.74, 6) is 0.745. The first kappa shape index (κ1) is 14.8. The van der Waals surface area contributed by atoms with Gasteiger partial charge >= 0.3 is 0 Å². The van der Waals surface area contributed by atoms with Crippen LogP contribution < -0.4 is 5.73 Å². The standard InChI is InChI=1S/C17H33N3/c1-14-12-19-10-6-5-8-16(19)13-20(14)17-9-4-2-3-7-15(17)11-18/h14-17H,2-13,18H2,1H3. The second kappa shape index (κ2) is 6.76. The molecule has 0 aromatic rings. The van der Waals surface area contributed by atoms with Gasteiger partial charge in [0.1, 0.15) is 0 Å². The lowest BCUT2D eigenvalue weighted by molar-refractivity contribution is -0.0228. The van der Waals surface area contributed by atoms with Crippen molar-refractivity contribution in [1.82, 2.24) is 9.80 Å². The van der Waals surface area contributed by atoms with Crippen LogP contribution in [0.1, 0.15) is 58.3 Å². The molecular formula is C17H33N3. The minimum Gasteiger partial charge on any atom is -0.330 e. The quantitative estimate of drug-likeness (QED) is 0.788. The van der Waals surface area contributed by atoms with Crippen LogP contribution >= 0.6 is 0 Å². The average molecular weight is 279 g/mol. The number of rotatable bonds is 2. The molecule has 0 radical (unpaired) electrons. The van der Waals surface area contributed by atoms with Crippen LogP contribution in [0.2, 0.25) is 0 Å². The van der Waals surface area contributed by atoms with Crippen LogP contribution in [0.5, 0.6) is 0 Å². The van der Waals surface area contributed by atoms with Gasteiger partial charge in [-0.3, -0.25) is 9.80 Å². The van der Waals surface area contributed by atoms with E-state index >= 15 is 0 Å². The highest BCUT2D eigenvalue weighted by Gasteiger charge is 2.38. The number of nitrogens with zero attached hydrogens (tertiary/aromatic N) is 2. The van der Waals surface area contributed by atoms with Gasteiger partial charge in [0.05, 0.1) is 0 Å². The summed E-state index contributed by atoms with van der Waals surface area (Å²) < 4.78 is 0. The number of piperidine rings is 1. The van der Waals surface area contributed by atoms with Gasteiger partial charge in [-0.05, 0) is 51.6 Å². The molecule has 116 valence electrons. The second-order valence-electron chi connectivity index (χ2n) is 7.39. The molecule has 0 aromatic heterocycles. The molecule has 2 heterocycles. The molecule has 2 aliphatic heterocycles. The van der Waals surface area contributed by atoms with E-state index in [1.54, 1.807) is 0 Å². The Bertz CT molecular complexity index is 307. The molecule has 20 heavy (non-hydrogen) atoms. The predicted molar refractivity (Wildman–Crippen MR) is 84.8 cm³/mol. The first-order chi connectivity index (χ1) is 9.79. The van der Waals surface area contributed by atoms with Gasteiger partial charge in [-0.1, -0.05) is 25.7 Å². The molecule has 1 aliphatic carbocycles. The van der Waals surface area contributed by atoms with Crippen LogP contribution in [0.15, 0.2) is 0 Å². The zero-order valence-corrected chi connectivity index (χ0v) is 13.3. The fraction of sp³-hybridized carbons (Fsp3) is 1.00. The second-order valence-corrected chi connectivity index (χ2v) is 7.39. The van der Waals surface area contributed by atoms with Gasteiger partial charge in [0.2, 0.25) is 0 Å². The van der Waals surface area contributed by atoms with Crippen LogP contribution in [0.3, 0.4) is 0 Å². The van der Waals surface area contributed by atoms with Crippen molar-refractivity contribution < 1.29 is 0 Å². The summed E-state index contributed by atoms with van der Waals surface area (Å²) >= 11 is 0. The number of piperazine rings is 1. The van der Waals surface area contributed by atoms with Crippen LogP contribution in [-0.2, 0) is 0 Å². The summed E-state index contributed by atoms with van der Waals surface area (Å²) in [6.45, 7) is 7.28. The molecule has 3 fully saturated rings. The van der Waals surface area contributed by atoms with Gasteiger partial charge in [-0.25, -0.2) is 0 Å². The molecule has 0 amide bonds. The largest absolute Gasteiger partial charge is 0.330 e. The molecule has 3 heteroatoms. The summed E-state index contributed by atoms with van der Waals surface area (Å²) in [7, 11) is 0. The maximum atomic E-state index is 6.11. The molecular weight excluding hydrogens is 246 g/mol. The Labute approximate surface area is 124 Å². The molecule has 4 atom stereocenters. The highest BCUT2D eigenvalue weighted by Crippen LogP contribution is 2.32. The zero-order chi connectivity index (χ0) is 13.9. The van der Waals surface area contributed by atoms with Gasteiger partial charge in [-0.15, -0.1) is 0 Å². The van der Waals surface area contributed by atoms with Crippen molar-refractivity contribution in [2.75, 3.05) is 26.2 Å². The van der Waals surface area contributed by atoms with E-state index in [4.69, 9.17) is 5.73 Å². The number of hydrogen-bond donors (Lipinski definition) is 1. The molecule has 0 aromatic carbocycles. The van der Waals surface area contributed by atoms with E-state index in [1.807, 2.05) is 0 Å². The monoisotopic (exact) mass is 279 g/mol. The maximum absolute atomic E-state index is 6.11. The van der Waals surface area contributed by atoms with E-state index in [0.717, 1.165) is 30.6 Å². The van der Waals surface area contributed by atoms with Crippen molar-refractivity contribution in [3.63, 3.8) is 0 Å². The van der Waals surface area contributed by atoms with E-state index < -0.39 is 0 Å². The van der Waals surface area contributed by atoms with Crippen LogP contribution in [0, 0.1) is 5.92 Å². The molecule has 3 nitrogen and oxygen atoms in total. The molecule has 3 aliphatic rings. The van der Waals surface area contributed by atoms with Crippen molar-refractivity contribution in [3.05, 3.63) is 0 Å². The first-order valence-corrected chi connectivity index (χ1v) is 8.99.